The Hall–Kier alpha value is -3.27. The molecule has 0 amide bonds. The molecule has 2 saturated heterocycles. The average Bonchev–Trinajstić information content (AvgIpc) is 3.44. The van der Waals surface area contributed by atoms with E-state index in [0.717, 1.165) is 62.6 Å². The SMILES string of the molecule is O=C(CCc1cccnc1)Cc1ccc(NS(=O)(=O)c2ccccc2N2CCC(N3CCOCC3)C2)cc1. The Morgan fingerprint density at radius 1 is 0.974 bits per heavy atom. The van der Waals surface area contributed by atoms with Gasteiger partial charge in [0, 0.05) is 63.1 Å². The molecule has 2 aliphatic rings. The van der Waals surface area contributed by atoms with Crippen LogP contribution in [0.4, 0.5) is 11.4 Å². The Kier molecular flexibility index (Phi) is 8.36. The number of anilines is 2. The number of rotatable bonds is 10. The van der Waals surface area contributed by atoms with Gasteiger partial charge in [-0.3, -0.25) is 19.4 Å². The number of para-hydroxylation sites is 1. The van der Waals surface area contributed by atoms with Crippen molar-refractivity contribution >= 4 is 27.2 Å². The monoisotopic (exact) mass is 534 g/mol. The summed E-state index contributed by atoms with van der Waals surface area (Å²) in [6, 6.07) is 18.5. The fraction of sp³-hybridized carbons (Fsp3) is 0.379. The largest absolute Gasteiger partial charge is 0.379 e. The van der Waals surface area contributed by atoms with Gasteiger partial charge in [-0.25, -0.2) is 8.42 Å². The first-order chi connectivity index (χ1) is 18.5. The standard InChI is InChI=1S/C29H34N4O4S/c34-27(12-9-24-4-3-14-30-21-24)20-23-7-10-25(11-8-23)31-38(35,36)29-6-2-1-5-28(29)33-15-13-26(22-33)32-16-18-37-19-17-32/h1-8,10-11,14,21,26,31H,9,12-13,15-20,22H2. The molecule has 0 saturated carbocycles. The molecule has 9 heteroatoms. The third-order valence-corrected chi connectivity index (χ3v) is 8.67. The molecule has 3 aromatic rings. The Balaban J connectivity index is 1.20. The van der Waals surface area contributed by atoms with E-state index in [9.17, 15) is 13.2 Å². The third-order valence-electron chi connectivity index (χ3n) is 7.24. The van der Waals surface area contributed by atoms with E-state index in [2.05, 4.69) is 19.5 Å². The van der Waals surface area contributed by atoms with Gasteiger partial charge in [-0.2, -0.15) is 0 Å². The van der Waals surface area contributed by atoms with Crippen LogP contribution in [0.25, 0.3) is 0 Å². The Morgan fingerprint density at radius 2 is 1.76 bits per heavy atom. The van der Waals surface area contributed by atoms with E-state index in [1.54, 1.807) is 48.8 Å². The fourth-order valence-electron chi connectivity index (χ4n) is 5.19. The van der Waals surface area contributed by atoms with Crippen molar-refractivity contribution in [3.8, 4) is 0 Å². The Bertz CT molecular complexity index is 1330. The number of ether oxygens (including phenoxy) is 1. The lowest BCUT2D eigenvalue weighted by molar-refractivity contribution is -0.118. The lowest BCUT2D eigenvalue weighted by Crippen LogP contribution is -2.44. The van der Waals surface area contributed by atoms with Gasteiger partial charge in [0.2, 0.25) is 0 Å². The summed E-state index contributed by atoms with van der Waals surface area (Å²) in [4.78, 5) is 21.4. The minimum atomic E-state index is -3.80. The number of ketones is 1. The van der Waals surface area contributed by atoms with Crippen molar-refractivity contribution in [2.45, 2.75) is 36.6 Å². The predicted octanol–water partition coefficient (Wildman–Crippen LogP) is 3.54. The number of carbonyl (C=O) groups excluding carboxylic acids is 1. The highest BCUT2D eigenvalue weighted by molar-refractivity contribution is 7.92. The summed E-state index contributed by atoms with van der Waals surface area (Å²) in [5, 5.41) is 0. The average molecular weight is 535 g/mol. The Labute approximate surface area is 224 Å². The normalized spacial score (nSPS) is 18.4. The van der Waals surface area contributed by atoms with Gasteiger partial charge in [-0.15, -0.1) is 0 Å². The first-order valence-electron chi connectivity index (χ1n) is 13.2. The molecule has 0 spiro atoms. The summed E-state index contributed by atoms with van der Waals surface area (Å²) < 4.78 is 35.1. The Morgan fingerprint density at radius 3 is 2.53 bits per heavy atom. The smallest absolute Gasteiger partial charge is 0.263 e. The summed E-state index contributed by atoms with van der Waals surface area (Å²) in [6.45, 7) is 4.97. The zero-order valence-electron chi connectivity index (χ0n) is 21.5. The maximum absolute atomic E-state index is 13.4. The molecule has 0 aliphatic carbocycles. The number of benzene rings is 2. The van der Waals surface area contributed by atoms with Crippen LogP contribution in [0.1, 0.15) is 24.0 Å². The molecule has 1 aromatic heterocycles. The van der Waals surface area contributed by atoms with Gasteiger partial charge in [0.1, 0.15) is 10.7 Å². The summed E-state index contributed by atoms with van der Waals surface area (Å²) in [6.07, 6.45) is 5.92. The van der Waals surface area contributed by atoms with E-state index in [-0.39, 0.29) is 10.7 Å². The van der Waals surface area contributed by atoms with Crippen LogP contribution in [0.15, 0.2) is 78.0 Å². The van der Waals surface area contributed by atoms with Gasteiger partial charge >= 0.3 is 0 Å². The van der Waals surface area contributed by atoms with Gasteiger partial charge in [0.25, 0.3) is 10.0 Å². The molecule has 2 aliphatic heterocycles. The van der Waals surface area contributed by atoms with Crippen molar-refractivity contribution in [3.63, 3.8) is 0 Å². The van der Waals surface area contributed by atoms with Gasteiger partial charge in [-0.1, -0.05) is 30.3 Å². The van der Waals surface area contributed by atoms with Crippen LogP contribution in [-0.2, 0) is 32.4 Å². The number of aromatic nitrogens is 1. The first kappa shape index (κ1) is 26.3. The zero-order chi connectivity index (χ0) is 26.4. The molecule has 0 radical (unpaired) electrons. The fourth-order valence-corrected chi connectivity index (χ4v) is 6.48. The van der Waals surface area contributed by atoms with E-state index in [4.69, 9.17) is 4.74 Å². The van der Waals surface area contributed by atoms with Gasteiger partial charge in [0.05, 0.1) is 18.9 Å². The van der Waals surface area contributed by atoms with Crippen LogP contribution < -0.4 is 9.62 Å². The molecule has 8 nitrogen and oxygen atoms in total. The molecule has 2 aromatic carbocycles. The molecule has 38 heavy (non-hydrogen) atoms. The minimum absolute atomic E-state index is 0.136. The number of Topliss-reactive ketones (excluding diaryl/α,β-unsaturated/α-hetero) is 1. The van der Waals surface area contributed by atoms with Crippen LogP contribution in [0, 0.1) is 0 Å². The molecule has 1 N–H and O–H groups in total. The lowest BCUT2D eigenvalue weighted by atomic mass is 10.0. The lowest BCUT2D eigenvalue weighted by Gasteiger charge is -2.32. The van der Waals surface area contributed by atoms with E-state index >= 15 is 0 Å². The number of hydrogen-bond acceptors (Lipinski definition) is 7. The van der Waals surface area contributed by atoms with Crippen LogP contribution in [0.3, 0.4) is 0 Å². The van der Waals surface area contributed by atoms with Gasteiger partial charge in [-0.05, 0) is 54.3 Å². The maximum Gasteiger partial charge on any atom is 0.263 e. The number of morpholine rings is 1. The van der Waals surface area contributed by atoms with Crippen molar-refractivity contribution in [1.82, 2.24) is 9.88 Å². The van der Waals surface area contributed by atoms with Crippen LogP contribution in [0.2, 0.25) is 0 Å². The molecule has 1 unspecified atom stereocenters. The number of aryl methyl sites for hydroxylation is 1. The summed E-state index contributed by atoms with van der Waals surface area (Å²) in [5.41, 5.74) is 3.10. The predicted molar refractivity (Wildman–Crippen MR) is 148 cm³/mol. The van der Waals surface area contributed by atoms with Crippen molar-refractivity contribution in [1.29, 1.82) is 0 Å². The van der Waals surface area contributed by atoms with E-state index in [0.29, 0.717) is 31.0 Å². The highest BCUT2D eigenvalue weighted by Gasteiger charge is 2.31. The number of nitrogens with one attached hydrogen (secondary N) is 1. The molecule has 1 atom stereocenters. The molecule has 2 fully saturated rings. The van der Waals surface area contributed by atoms with Crippen molar-refractivity contribution in [2.75, 3.05) is 49.0 Å². The topological polar surface area (TPSA) is 91.8 Å². The second kappa shape index (κ2) is 12.1. The number of carbonyl (C=O) groups is 1. The highest BCUT2D eigenvalue weighted by Crippen LogP contribution is 2.31. The minimum Gasteiger partial charge on any atom is -0.379 e. The molecule has 0 bridgehead atoms. The third kappa shape index (κ3) is 6.59. The number of nitrogens with zero attached hydrogens (tertiary/aromatic N) is 3. The van der Waals surface area contributed by atoms with E-state index in [1.807, 2.05) is 24.3 Å². The van der Waals surface area contributed by atoms with Crippen molar-refractivity contribution < 1.29 is 17.9 Å². The zero-order valence-corrected chi connectivity index (χ0v) is 22.3. The summed E-state index contributed by atoms with van der Waals surface area (Å²) >= 11 is 0. The van der Waals surface area contributed by atoms with Gasteiger partial charge < -0.3 is 9.64 Å². The van der Waals surface area contributed by atoms with Gasteiger partial charge in [0.15, 0.2) is 0 Å². The molecule has 5 rings (SSSR count). The van der Waals surface area contributed by atoms with Crippen molar-refractivity contribution in [3.05, 3.63) is 84.2 Å². The molecular weight excluding hydrogens is 500 g/mol. The number of pyridine rings is 1. The van der Waals surface area contributed by atoms with Crippen LogP contribution in [0.5, 0.6) is 0 Å². The summed E-state index contributed by atoms with van der Waals surface area (Å²) in [5.74, 6) is 0.136. The van der Waals surface area contributed by atoms with Crippen LogP contribution in [-0.4, -0.2) is 69.5 Å². The molecule has 200 valence electrons. The van der Waals surface area contributed by atoms with E-state index < -0.39 is 10.0 Å². The highest BCUT2D eigenvalue weighted by atomic mass is 32.2. The number of hydrogen-bond donors (Lipinski definition) is 1. The first-order valence-corrected chi connectivity index (χ1v) is 14.6. The van der Waals surface area contributed by atoms with Crippen LogP contribution >= 0.6 is 0 Å². The quantitative estimate of drug-likeness (QED) is 0.425. The van der Waals surface area contributed by atoms with Crippen molar-refractivity contribution in [2.24, 2.45) is 0 Å². The summed E-state index contributed by atoms with van der Waals surface area (Å²) in [7, 11) is -3.80. The second-order valence-electron chi connectivity index (χ2n) is 9.88. The maximum atomic E-state index is 13.4. The molecular formula is C29H34N4O4S. The molecule has 3 heterocycles. The second-order valence-corrected chi connectivity index (χ2v) is 11.5. The number of sulfonamides is 1. The van der Waals surface area contributed by atoms with E-state index in [1.165, 1.54) is 0 Å².